The van der Waals surface area contributed by atoms with E-state index in [4.69, 9.17) is 0 Å². The Kier molecular flexibility index (Phi) is 12.2. The van der Waals surface area contributed by atoms with E-state index in [0.717, 1.165) is 0 Å². The molecule has 252 valence electrons. The van der Waals surface area contributed by atoms with Gasteiger partial charge in [0, 0.05) is 22.8 Å². The van der Waals surface area contributed by atoms with Crippen molar-refractivity contribution in [1.82, 2.24) is 14.1 Å². The molecule has 2 aromatic carbocycles. The van der Waals surface area contributed by atoms with Gasteiger partial charge >= 0.3 is 0 Å². The smallest absolute Gasteiger partial charge is 0.248 e. The molecule has 0 unspecified atom stereocenters. The SMILES string of the molecule is CC(C)[Si]1(C(C)C)c2c[n+](C)cn2-c2ccccc2C1(C)C.CC(C)[Si]1(C(C)C)c2cncn2-c2ccccc2C1(C)C.CI.[I-]. The van der Waals surface area contributed by atoms with E-state index in [-0.39, 0.29) is 34.1 Å². The zero-order valence-electron chi connectivity index (χ0n) is 30.8. The fraction of sp³-hybridized carbons (Fsp3) is 0.526. The summed E-state index contributed by atoms with van der Waals surface area (Å²) in [4.78, 5) is 6.50. The summed E-state index contributed by atoms with van der Waals surface area (Å²) in [6.07, 6.45) is 8.81. The minimum Gasteiger partial charge on any atom is -1.00 e. The van der Waals surface area contributed by atoms with E-state index in [1.807, 2.05) is 11.3 Å². The number of hydrogen-bond acceptors (Lipinski definition) is 1. The number of nitrogens with zero attached hydrogens (tertiary/aromatic N) is 4. The van der Waals surface area contributed by atoms with Gasteiger partial charge < -0.3 is 28.5 Å². The molecular weight excluding hydrogens is 822 g/mol. The van der Waals surface area contributed by atoms with E-state index in [9.17, 15) is 0 Å². The molecule has 4 aromatic rings. The summed E-state index contributed by atoms with van der Waals surface area (Å²) in [5.41, 5.74) is 8.45. The lowest BCUT2D eigenvalue weighted by atomic mass is 9.99. The maximum atomic E-state index is 4.53. The summed E-state index contributed by atoms with van der Waals surface area (Å²) in [5.74, 6) is 0. The van der Waals surface area contributed by atoms with E-state index in [1.54, 1.807) is 5.32 Å². The summed E-state index contributed by atoms with van der Waals surface area (Å²) >= 11 is 2.15. The van der Waals surface area contributed by atoms with E-state index >= 15 is 0 Å². The zero-order valence-corrected chi connectivity index (χ0v) is 37.1. The van der Waals surface area contributed by atoms with Crippen molar-refractivity contribution in [2.75, 3.05) is 4.93 Å². The van der Waals surface area contributed by atoms with E-state index in [2.05, 4.69) is 199 Å². The highest BCUT2D eigenvalue weighted by atomic mass is 127. The lowest BCUT2D eigenvalue weighted by Crippen LogP contribution is -3.00. The number of halogens is 2. The molecule has 0 aliphatic carbocycles. The lowest BCUT2D eigenvalue weighted by Gasteiger charge is -2.54. The first-order valence-electron chi connectivity index (χ1n) is 16.8. The molecule has 0 fully saturated rings. The average molecular weight is 881 g/mol. The number of rotatable bonds is 4. The second kappa shape index (κ2) is 14.3. The van der Waals surface area contributed by atoms with Gasteiger partial charge in [-0.25, -0.2) is 14.1 Å². The van der Waals surface area contributed by atoms with Gasteiger partial charge in [-0.1, -0.05) is 142 Å². The normalized spacial score (nSPS) is 17.5. The van der Waals surface area contributed by atoms with Crippen molar-refractivity contribution in [2.45, 2.75) is 115 Å². The molecule has 2 aromatic heterocycles. The maximum Gasteiger partial charge on any atom is 0.248 e. The van der Waals surface area contributed by atoms with Crippen LogP contribution in [0.2, 0.25) is 22.2 Å². The molecule has 46 heavy (non-hydrogen) atoms. The molecular formula is C38H58I2N4Si2. The van der Waals surface area contributed by atoms with Crippen molar-refractivity contribution in [3.05, 3.63) is 84.7 Å². The third kappa shape index (κ3) is 5.47. The molecule has 4 heterocycles. The van der Waals surface area contributed by atoms with Gasteiger partial charge in [0.15, 0.2) is 8.07 Å². The van der Waals surface area contributed by atoms with Crippen LogP contribution in [0.4, 0.5) is 0 Å². The molecule has 0 atom stereocenters. The van der Waals surface area contributed by atoms with Crippen LogP contribution in [0.3, 0.4) is 0 Å². The topological polar surface area (TPSA) is 26.6 Å². The van der Waals surface area contributed by atoms with Crippen molar-refractivity contribution >= 4 is 49.4 Å². The molecule has 4 nitrogen and oxygen atoms in total. The third-order valence-electron chi connectivity index (χ3n) is 11.8. The summed E-state index contributed by atoms with van der Waals surface area (Å²) in [6.45, 7) is 29.4. The standard InChI is InChI=1S/C19H29N2Si.C18H26N2Si.CH3I.HI/c1-14(2)22(15(3)4)18-12-20(7)13-21(18)17-11-9-8-10-16(17)19(22,5)6;1-13(2)21(14(3)4)17-11-19-12-20(17)16-10-8-7-9-15(16)18(21,5)6;1-2;/h8-15H,1-7H3;7-14H,1-6H3;1H3;1H/q+1;;;/p-1. The molecule has 0 N–H and O–H groups in total. The predicted molar refractivity (Wildman–Crippen MR) is 208 cm³/mol. The molecule has 2 aliphatic rings. The number of aromatic nitrogens is 4. The van der Waals surface area contributed by atoms with Gasteiger partial charge in [-0.3, -0.25) is 0 Å². The van der Waals surface area contributed by atoms with Crippen molar-refractivity contribution in [3.63, 3.8) is 0 Å². The van der Waals surface area contributed by atoms with E-state index < -0.39 is 16.1 Å². The first kappa shape index (κ1) is 39.2. The highest BCUT2D eigenvalue weighted by Gasteiger charge is 2.62. The Bertz CT molecular complexity index is 1610. The molecule has 0 amide bonds. The van der Waals surface area contributed by atoms with Crippen LogP contribution in [-0.4, -0.2) is 35.2 Å². The third-order valence-corrected chi connectivity index (χ3v) is 26.2. The molecule has 6 rings (SSSR count). The summed E-state index contributed by atoms with van der Waals surface area (Å²) < 4.78 is 7.08. The summed E-state index contributed by atoms with van der Waals surface area (Å²) in [6, 6.07) is 17.9. The zero-order chi connectivity index (χ0) is 33.7. The Hall–Kier alpha value is -1.25. The predicted octanol–water partition coefficient (Wildman–Crippen LogP) is 5.84. The van der Waals surface area contributed by atoms with Crippen molar-refractivity contribution in [3.8, 4) is 11.4 Å². The van der Waals surface area contributed by atoms with E-state index in [1.165, 1.54) is 27.8 Å². The second-order valence-corrected chi connectivity index (χ2v) is 27.1. The van der Waals surface area contributed by atoms with Gasteiger partial charge in [0.05, 0.1) is 13.4 Å². The number of imidazole rings is 2. The Morgan fingerprint density at radius 3 is 1.48 bits per heavy atom. The monoisotopic (exact) mass is 880 g/mol. The van der Waals surface area contributed by atoms with Gasteiger partial charge in [0.25, 0.3) is 0 Å². The molecule has 2 aliphatic heterocycles. The molecule has 0 radical (unpaired) electrons. The number of fused-ring (bicyclic) bond motifs is 6. The number of para-hydroxylation sites is 2. The maximum absolute atomic E-state index is 4.53. The first-order valence-corrected chi connectivity index (χ1v) is 23.2. The van der Waals surface area contributed by atoms with E-state index in [0.29, 0.717) is 22.2 Å². The summed E-state index contributed by atoms with van der Waals surface area (Å²) in [5, 5.41) is 3.52. The van der Waals surface area contributed by atoms with Crippen LogP contribution >= 0.6 is 22.6 Å². The summed E-state index contributed by atoms with van der Waals surface area (Å²) in [7, 11) is -1.40. The fourth-order valence-electron chi connectivity index (χ4n) is 10.7. The molecule has 0 saturated carbocycles. The second-order valence-electron chi connectivity index (χ2n) is 15.5. The first-order chi connectivity index (χ1) is 21.1. The number of alkyl halides is 1. The molecule has 0 saturated heterocycles. The fourth-order valence-corrected chi connectivity index (χ4v) is 26.0. The number of hydrogen-bond donors (Lipinski definition) is 0. The minimum absolute atomic E-state index is 0. The van der Waals surface area contributed by atoms with Gasteiger partial charge in [-0.05, 0) is 54.9 Å². The highest BCUT2D eigenvalue weighted by molar-refractivity contribution is 14.1. The minimum atomic E-state index is -1.78. The number of benzene rings is 2. The van der Waals surface area contributed by atoms with Crippen molar-refractivity contribution in [2.24, 2.45) is 7.05 Å². The lowest BCUT2D eigenvalue weighted by molar-refractivity contribution is -0.670. The van der Waals surface area contributed by atoms with Crippen molar-refractivity contribution in [1.29, 1.82) is 0 Å². The van der Waals surface area contributed by atoms with Crippen LogP contribution < -0.4 is 39.2 Å². The Labute approximate surface area is 313 Å². The van der Waals surface area contributed by atoms with Crippen LogP contribution in [-0.2, 0) is 17.1 Å². The van der Waals surface area contributed by atoms with Crippen LogP contribution in [0, 0.1) is 0 Å². The van der Waals surface area contributed by atoms with Crippen LogP contribution in [0.1, 0.15) is 94.2 Å². The van der Waals surface area contributed by atoms with Gasteiger partial charge in [-0.15, -0.1) is 0 Å². The van der Waals surface area contributed by atoms with Gasteiger partial charge in [0.2, 0.25) is 6.33 Å². The Morgan fingerprint density at radius 2 is 1.04 bits per heavy atom. The van der Waals surface area contributed by atoms with Crippen molar-refractivity contribution < 1.29 is 28.5 Å². The quantitative estimate of drug-likeness (QED) is 0.110. The highest BCUT2D eigenvalue weighted by Crippen LogP contribution is 2.52. The molecule has 8 heteroatoms. The average Bonchev–Trinajstić information content (AvgIpc) is 3.61. The van der Waals surface area contributed by atoms with Gasteiger partial charge in [-0.2, -0.15) is 0 Å². The van der Waals surface area contributed by atoms with Gasteiger partial charge in [0.1, 0.15) is 25.3 Å². The molecule has 0 bridgehead atoms. The van der Waals surface area contributed by atoms with Crippen LogP contribution in [0.15, 0.2) is 73.6 Å². The largest absolute Gasteiger partial charge is 1.00 e. The molecule has 0 spiro atoms. The van der Waals surface area contributed by atoms with Crippen LogP contribution in [0.25, 0.3) is 11.4 Å². The Balaban J connectivity index is 0.000000233. The number of aryl methyl sites for hydroxylation is 1. The van der Waals surface area contributed by atoms with Crippen LogP contribution in [0.5, 0.6) is 0 Å². The Morgan fingerprint density at radius 1 is 0.652 bits per heavy atom.